The highest BCUT2D eigenvalue weighted by molar-refractivity contribution is 5.75. The molecular formula is C10H21NO2. The number of likely N-dealkylation sites (N-methyl/N-ethyl adjacent to an activating group) is 1. The molecule has 0 bridgehead atoms. The van der Waals surface area contributed by atoms with E-state index in [2.05, 4.69) is 9.64 Å². The van der Waals surface area contributed by atoms with Gasteiger partial charge in [0.25, 0.3) is 0 Å². The normalized spacial score (nSPS) is 22.9. The van der Waals surface area contributed by atoms with Crippen LogP contribution in [0, 0.1) is 0 Å². The smallest absolute Gasteiger partial charge is 0.323 e. The Morgan fingerprint density at radius 2 is 2.00 bits per heavy atom. The molecule has 0 N–H and O–H groups in total. The summed E-state index contributed by atoms with van der Waals surface area (Å²) in [4.78, 5) is 13.2. The van der Waals surface area contributed by atoms with Crippen LogP contribution >= 0.6 is 0 Å². The van der Waals surface area contributed by atoms with E-state index in [0.29, 0.717) is 0 Å². The first-order valence-corrected chi connectivity index (χ1v) is 5.04. The lowest BCUT2D eigenvalue weighted by atomic mass is 10.0. The van der Waals surface area contributed by atoms with E-state index in [9.17, 15) is 4.79 Å². The fourth-order valence-corrected chi connectivity index (χ4v) is 1.51. The number of piperidine rings is 1. The Balaban J connectivity index is 0.000000671. The molecule has 1 unspecified atom stereocenters. The van der Waals surface area contributed by atoms with Crippen molar-refractivity contribution in [1.29, 1.82) is 0 Å². The Morgan fingerprint density at radius 1 is 1.38 bits per heavy atom. The van der Waals surface area contributed by atoms with Crippen molar-refractivity contribution in [2.24, 2.45) is 0 Å². The zero-order valence-electron chi connectivity index (χ0n) is 9.17. The zero-order valence-corrected chi connectivity index (χ0v) is 9.17. The van der Waals surface area contributed by atoms with Crippen molar-refractivity contribution >= 4 is 5.97 Å². The molecule has 0 aromatic rings. The number of nitrogens with zero attached hydrogens (tertiary/aromatic N) is 1. The highest BCUT2D eigenvalue weighted by Gasteiger charge is 2.25. The van der Waals surface area contributed by atoms with Crippen LogP contribution in [-0.2, 0) is 9.53 Å². The molecule has 1 saturated heterocycles. The SMILES string of the molecule is CC.COC(=O)C1CCCCN1C. The summed E-state index contributed by atoms with van der Waals surface area (Å²) in [6, 6.07) is 0.00810. The molecule has 13 heavy (non-hydrogen) atoms. The maximum Gasteiger partial charge on any atom is 0.323 e. The second-order valence-electron chi connectivity index (χ2n) is 3.02. The molecule has 1 aliphatic rings. The summed E-state index contributed by atoms with van der Waals surface area (Å²) in [7, 11) is 3.42. The number of likely N-dealkylation sites (tertiary alicyclic amines) is 1. The van der Waals surface area contributed by atoms with Gasteiger partial charge in [0.05, 0.1) is 7.11 Å². The highest BCUT2D eigenvalue weighted by Crippen LogP contribution is 2.15. The largest absolute Gasteiger partial charge is 0.468 e. The highest BCUT2D eigenvalue weighted by atomic mass is 16.5. The van der Waals surface area contributed by atoms with Gasteiger partial charge in [-0.2, -0.15) is 0 Å². The topological polar surface area (TPSA) is 29.5 Å². The molecule has 0 aromatic heterocycles. The fraction of sp³-hybridized carbons (Fsp3) is 0.900. The first kappa shape index (κ1) is 12.4. The summed E-state index contributed by atoms with van der Waals surface area (Å²) in [5, 5.41) is 0. The Kier molecular flexibility index (Phi) is 6.59. The number of carbonyl (C=O) groups is 1. The van der Waals surface area contributed by atoms with Crippen molar-refractivity contribution in [3.8, 4) is 0 Å². The van der Waals surface area contributed by atoms with Crippen LogP contribution in [0.2, 0.25) is 0 Å². The van der Waals surface area contributed by atoms with E-state index >= 15 is 0 Å². The summed E-state index contributed by atoms with van der Waals surface area (Å²) in [6.07, 6.45) is 3.29. The molecule has 0 aromatic carbocycles. The molecule has 1 aliphatic heterocycles. The third-order valence-electron chi connectivity index (χ3n) is 2.24. The second-order valence-corrected chi connectivity index (χ2v) is 3.02. The van der Waals surface area contributed by atoms with E-state index in [-0.39, 0.29) is 12.0 Å². The average Bonchev–Trinajstić information content (AvgIpc) is 2.20. The number of carbonyl (C=O) groups excluding carboxylic acids is 1. The van der Waals surface area contributed by atoms with E-state index < -0.39 is 0 Å². The van der Waals surface area contributed by atoms with E-state index in [1.165, 1.54) is 13.5 Å². The minimum Gasteiger partial charge on any atom is -0.468 e. The number of esters is 1. The van der Waals surface area contributed by atoms with Crippen molar-refractivity contribution in [2.75, 3.05) is 20.7 Å². The molecule has 1 rings (SSSR count). The minimum absolute atomic E-state index is 0.00810. The van der Waals surface area contributed by atoms with Crippen LogP contribution in [0.4, 0.5) is 0 Å². The van der Waals surface area contributed by atoms with Gasteiger partial charge < -0.3 is 4.74 Å². The van der Waals surface area contributed by atoms with Crippen LogP contribution in [0.15, 0.2) is 0 Å². The summed E-state index contributed by atoms with van der Waals surface area (Å²) in [5.41, 5.74) is 0. The number of rotatable bonds is 1. The second kappa shape index (κ2) is 6.89. The molecule has 0 saturated carbocycles. The summed E-state index contributed by atoms with van der Waals surface area (Å²) < 4.78 is 4.68. The Labute approximate surface area is 81.1 Å². The van der Waals surface area contributed by atoms with Crippen LogP contribution in [-0.4, -0.2) is 37.6 Å². The van der Waals surface area contributed by atoms with Gasteiger partial charge in [0.15, 0.2) is 0 Å². The lowest BCUT2D eigenvalue weighted by molar-refractivity contribution is -0.147. The van der Waals surface area contributed by atoms with Gasteiger partial charge in [-0.25, -0.2) is 0 Å². The third-order valence-corrected chi connectivity index (χ3v) is 2.24. The first-order chi connectivity index (χ1) is 6.25. The molecule has 3 heteroatoms. The van der Waals surface area contributed by atoms with Gasteiger partial charge in [0.1, 0.15) is 6.04 Å². The van der Waals surface area contributed by atoms with Crippen LogP contribution in [0.5, 0.6) is 0 Å². The molecule has 0 aliphatic carbocycles. The van der Waals surface area contributed by atoms with E-state index in [1.807, 2.05) is 20.9 Å². The molecule has 1 atom stereocenters. The molecule has 0 amide bonds. The van der Waals surface area contributed by atoms with Gasteiger partial charge in [0, 0.05) is 0 Å². The van der Waals surface area contributed by atoms with Gasteiger partial charge in [-0.05, 0) is 26.4 Å². The van der Waals surface area contributed by atoms with Crippen molar-refractivity contribution in [1.82, 2.24) is 4.90 Å². The van der Waals surface area contributed by atoms with Crippen LogP contribution in [0.1, 0.15) is 33.1 Å². The maximum atomic E-state index is 11.1. The predicted molar refractivity (Wildman–Crippen MR) is 53.6 cm³/mol. The van der Waals surface area contributed by atoms with Gasteiger partial charge in [-0.1, -0.05) is 20.3 Å². The van der Waals surface area contributed by atoms with Crippen LogP contribution < -0.4 is 0 Å². The maximum absolute atomic E-state index is 11.1. The van der Waals surface area contributed by atoms with Gasteiger partial charge >= 0.3 is 5.97 Å². The Morgan fingerprint density at radius 3 is 2.46 bits per heavy atom. The van der Waals surface area contributed by atoms with Crippen molar-refractivity contribution < 1.29 is 9.53 Å². The van der Waals surface area contributed by atoms with Crippen molar-refractivity contribution in [3.05, 3.63) is 0 Å². The Bertz CT molecular complexity index is 148. The summed E-state index contributed by atoms with van der Waals surface area (Å²) in [5.74, 6) is -0.0906. The fourth-order valence-electron chi connectivity index (χ4n) is 1.51. The predicted octanol–water partition coefficient (Wildman–Crippen LogP) is 1.67. The average molecular weight is 187 g/mol. The van der Waals surface area contributed by atoms with E-state index in [1.54, 1.807) is 0 Å². The monoisotopic (exact) mass is 187 g/mol. The molecule has 0 radical (unpaired) electrons. The number of hydrogen-bond donors (Lipinski definition) is 0. The molecule has 1 fully saturated rings. The quantitative estimate of drug-likeness (QED) is 0.585. The molecule has 3 nitrogen and oxygen atoms in total. The number of hydrogen-bond acceptors (Lipinski definition) is 3. The number of methoxy groups -OCH3 is 1. The van der Waals surface area contributed by atoms with Gasteiger partial charge in [0.2, 0.25) is 0 Å². The third kappa shape index (κ3) is 3.77. The van der Waals surface area contributed by atoms with E-state index in [4.69, 9.17) is 0 Å². The summed E-state index contributed by atoms with van der Waals surface area (Å²) in [6.45, 7) is 5.01. The summed E-state index contributed by atoms with van der Waals surface area (Å²) >= 11 is 0. The number of ether oxygens (including phenoxy) is 1. The molecule has 78 valence electrons. The molecule has 0 spiro atoms. The first-order valence-electron chi connectivity index (χ1n) is 5.04. The lowest BCUT2D eigenvalue weighted by Crippen LogP contribution is -2.42. The molecular weight excluding hydrogens is 166 g/mol. The van der Waals surface area contributed by atoms with Gasteiger partial charge in [-0.3, -0.25) is 9.69 Å². The minimum atomic E-state index is -0.0906. The van der Waals surface area contributed by atoms with Crippen LogP contribution in [0.25, 0.3) is 0 Å². The van der Waals surface area contributed by atoms with Crippen LogP contribution in [0.3, 0.4) is 0 Å². The standard InChI is InChI=1S/C8H15NO2.C2H6/c1-9-6-4-3-5-7(9)8(10)11-2;1-2/h7H,3-6H2,1-2H3;1-2H3. The lowest BCUT2D eigenvalue weighted by Gasteiger charge is -2.29. The van der Waals surface area contributed by atoms with Crippen molar-refractivity contribution in [3.63, 3.8) is 0 Å². The van der Waals surface area contributed by atoms with E-state index in [0.717, 1.165) is 19.4 Å². The Hall–Kier alpha value is -0.570. The van der Waals surface area contributed by atoms with Gasteiger partial charge in [-0.15, -0.1) is 0 Å². The zero-order chi connectivity index (χ0) is 10.3. The van der Waals surface area contributed by atoms with Crippen molar-refractivity contribution in [2.45, 2.75) is 39.2 Å². The molecule has 1 heterocycles.